The van der Waals surface area contributed by atoms with Crippen molar-refractivity contribution in [1.29, 1.82) is 0 Å². The van der Waals surface area contributed by atoms with Crippen LogP contribution in [0.5, 0.6) is 0 Å². The van der Waals surface area contributed by atoms with Crippen LogP contribution in [0.3, 0.4) is 0 Å². The number of carbonyl (C=O) groups is 3. The summed E-state index contributed by atoms with van der Waals surface area (Å²) < 4.78 is 0.797. The smallest absolute Gasteiger partial charge is 0.248 e. The number of nitrogens with two attached hydrogens (primary N) is 1. The Morgan fingerprint density at radius 2 is 1.80 bits per heavy atom. The Labute approximate surface area is 252 Å². The van der Waals surface area contributed by atoms with Gasteiger partial charge in [0, 0.05) is 38.3 Å². The highest BCUT2D eigenvalue weighted by Crippen LogP contribution is 2.56. The standard InChI is InChI=1S/C31H32ClIN4O3/c1-30(2,3)15-24-31(22-12-9-20(32)14-23(22)36-29(31)40)25(19-6-4-5-17(13-19)16-33)26(37-24)28(39)35-21-10-7-18(8-11-21)27(34)38/h4-14,24-26,37H,15-16H2,1-3H3,(H2,34,38)(H,35,39)(H,36,40)/t24-,25-,26+,31+/m0/s1. The van der Waals surface area contributed by atoms with Crippen molar-refractivity contribution in [2.24, 2.45) is 11.1 Å². The third-order valence-electron chi connectivity index (χ3n) is 7.81. The SMILES string of the molecule is CC(C)(C)C[C@@H]1N[C@@H](C(=O)Nc2ccc(C(N)=O)cc2)[C@H](c2cccc(CI)c2)[C@]12C(=O)Nc1cc(Cl)ccc12. The summed E-state index contributed by atoms with van der Waals surface area (Å²) in [6.07, 6.45) is 0.655. The van der Waals surface area contributed by atoms with Gasteiger partial charge in [0.05, 0.1) is 6.04 Å². The maximum absolute atomic E-state index is 14.3. The van der Waals surface area contributed by atoms with Crippen molar-refractivity contribution in [2.45, 2.75) is 55.0 Å². The third kappa shape index (κ3) is 5.12. The summed E-state index contributed by atoms with van der Waals surface area (Å²) in [5, 5.41) is 10.3. The van der Waals surface area contributed by atoms with Gasteiger partial charge in [0.25, 0.3) is 0 Å². The van der Waals surface area contributed by atoms with Crippen LogP contribution in [-0.2, 0) is 19.4 Å². The molecule has 40 heavy (non-hydrogen) atoms. The first-order chi connectivity index (χ1) is 18.9. The van der Waals surface area contributed by atoms with E-state index < -0.39 is 23.3 Å². The Hall–Kier alpha value is -2.95. The number of primary amides is 1. The molecule has 3 amide bonds. The average molecular weight is 671 g/mol. The van der Waals surface area contributed by atoms with E-state index in [2.05, 4.69) is 71.4 Å². The summed E-state index contributed by atoms with van der Waals surface area (Å²) in [7, 11) is 0. The van der Waals surface area contributed by atoms with Crippen molar-refractivity contribution in [3.8, 4) is 0 Å². The molecule has 7 nitrogen and oxygen atoms in total. The van der Waals surface area contributed by atoms with Crippen molar-refractivity contribution in [2.75, 3.05) is 10.6 Å². The van der Waals surface area contributed by atoms with E-state index >= 15 is 0 Å². The van der Waals surface area contributed by atoms with Crippen LogP contribution in [0, 0.1) is 5.41 Å². The number of carbonyl (C=O) groups excluding carboxylic acids is 3. The Morgan fingerprint density at radius 1 is 1.07 bits per heavy atom. The zero-order valence-electron chi connectivity index (χ0n) is 22.6. The summed E-state index contributed by atoms with van der Waals surface area (Å²) in [5.41, 5.74) is 8.64. The molecule has 5 N–H and O–H groups in total. The van der Waals surface area contributed by atoms with Crippen LogP contribution < -0.4 is 21.7 Å². The average Bonchev–Trinajstić information content (AvgIpc) is 3.38. The van der Waals surface area contributed by atoms with E-state index in [4.69, 9.17) is 17.3 Å². The van der Waals surface area contributed by atoms with Crippen molar-refractivity contribution >= 4 is 63.3 Å². The lowest BCUT2D eigenvalue weighted by Crippen LogP contribution is -2.49. The molecule has 0 bridgehead atoms. The summed E-state index contributed by atoms with van der Waals surface area (Å²) in [5.74, 6) is -1.45. The molecule has 0 radical (unpaired) electrons. The molecule has 0 unspecified atom stereocenters. The van der Waals surface area contributed by atoms with Gasteiger partial charge in [0.2, 0.25) is 17.7 Å². The van der Waals surface area contributed by atoms with Crippen molar-refractivity contribution in [3.63, 3.8) is 0 Å². The molecule has 208 valence electrons. The molecular weight excluding hydrogens is 639 g/mol. The van der Waals surface area contributed by atoms with Gasteiger partial charge in [-0.05, 0) is 64.9 Å². The number of amides is 3. The third-order valence-corrected chi connectivity index (χ3v) is 8.92. The van der Waals surface area contributed by atoms with E-state index in [0.29, 0.717) is 28.4 Å². The Kier molecular flexibility index (Phi) is 7.71. The number of hydrogen-bond donors (Lipinski definition) is 4. The van der Waals surface area contributed by atoms with Gasteiger partial charge in [-0.1, -0.05) is 85.3 Å². The molecule has 0 aliphatic carbocycles. The van der Waals surface area contributed by atoms with Crippen LogP contribution in [0.4, 0.5) is 11.4 Å². The minimum Gasteiger partial charge on any atom is -0.366 e. The quantitative estimate of drug-likeness (QED) is 0.197. The Balaban J connectivity index is 1.66. The molecule has 2 heterocycles. The summed E-state index contributed by atoms with van der Waals surface area (Å²) >= 11 is 8.66. The number of hydrogen-bond acceptors (Lipinski definition) is 4. The number of nitrogens with one attached hydrogen (secondary N) is 3. The highest BCUT2D eigenvalue weighted by atomic mass is 127. The normalized spacial score (nSPS) is 23.6. The van der Waals surface area contributed by atoms with Gasteiger partial charge < -0.3 is 21.7 Å². The molecule has 1 saturated heterocycles. The van der Waals surface area contributed by atoms with Crippen LogP contribution in [0.15, 0.2) is 66.7 Å². The van der Waals surface area contributed by atoms with Crippen molar-refractivity contribution in [1.82, 2.24) is 5.32 Å². The topological polar surface area (TPSA) is 113 Å². The van der Waals surface area contributed by atoms with Gasteiger partial charge in [0.15, 0.2) is 0 Å². The van der Waals surface area contributed by atoms with Crippen LogP contribution in [0.2, 0.25) is 5.02 Å². The van der Waals surface area contributed by atoms with E-state index in [1.807, 2.05) is 24.3 Å². The Bertz CT molecular complexity index is 1490. The van der Waals surface area contributed by atoms with Gasteiger partial charge >= 0.3 is 0 Å². The molecule has 4 atom stereocenters. The molecule has 0 aromatic heterocycles. The minimum absolute atomic E-state index is 0.134. The van der Waals surface area contributed by atoms with Crippen molar-refractivity contribution in [3.05, 3.63) is 94.0 Å². The van der Waals surface area contributed by atoms with Gasteiger partial charge in [-0.2, -0.15) is 0 Å². The van der Waals surface area contributed by atoms with E-state index in [1.165, 1.54) is 0 Å². The van der Waals surface area contributed by atoms with Gasteiger partial charge in [0.1, 0.15) is 5.41 Å². The first-order valence-corrected chi connectivity index (χ1v) is 15.1. The predicted molar refractivity (Wildman–Crippen MR) is 167 cm³/mol. The van der Waals surface area contributed by atoms with E-state index in [1.54, 1.807) is 30.3 Å². The second-order valence-corrected chi connectivity index (χ2v) is 13.0. The lowest BCUT2D eigenvalue weighted by Gasteiger charge is -2.37. The Morgan fingerprint density at radius 3 is 2.45 bits per heavy atom. The first-order valence-electron chi connectivity index (χ1n) is 13.2. The second-order valence-electron chi connectivity index (χ2n) is 11.8. The molecule has 2 aliphatic heterocycles. The molecule has 2 aliphatic rings. The number of alkyl halides is 1. The molecule has 5 rings (SSSR count). The zero-order valence-corrected chi connectivity index (χ0v) is 25.5. The largest absolute Gasteiger partial charge is 0.366 e. The fraction of sp³-hybridized carbons (Fsp3) is 0.323. The van der Waals surface area contributed by atoms with E-state index in [0.717, 1.165) is 21.1 Å². The van der Waals surface area contributed by atoms with E-state index in [9.17, 15) is 14.4 Å². The lowest BCUT2D eigenvalue weighted by molar-refractivity contribution is -0.122. The summed E-state index contributed by atoms with van der Waals surface area (Å²) in [6, 6.07) is 19.1. The van der Waals surface area contributed by atoms with E-state index in [-0.39, 0.29) is 23.3 Å². The van der Waals surface area contributed by atoms with Gasteiger partial charge in [-0.15, -0.1) is 0 Å². The predicted octanol–water partition coefficient (Wildman–Crippen LogP) is 5.76. The zero-order chi connectivity index (χ0) is 28.8. The fourth-order valence-electron chi connectivity index (χ4n) is 6.23. The molecule has 0 saturated carbocycles. The number of rotatable bonds is 6. The first kappa shape index (κ1) is 28.6. The molecule has 3 aromatic carbocycles. The van der Waals surface area contributed by atoms with Gasteiger partial charge in [-0.3, -0.25) is 14.4 Å². The monoisotopic (exact) mass is 670 g/mol. The lowest BCUT2D eigenvalue weighted by atomic mass is 9.62. The fourth-order valence-corrected chi connectivity index (χ4v) is 6.88. The summed E-state index contributed by atoms with van der Waals surface area (Å²) in [4.78, 5) is 39.9. The molecule has 1 spiro atoms. The van der Waals surface area contributed by atoms with Crippen LogP contribution in [0.1, 0.15) is 60.2 Å². The van der Waals surface area contributed by atoms with Crippen LogP contribution in [0.25, 0.3) is 0 Å². The molecular formula is C31H32ClIN4O3. The van der Waals surface area contributed by atoms with Crippen molar-refractivity contribution < 1.29 is 14.4 Å². The van der Waals surface area contributed by atoms with Crippen LogP contribution >= 0.6 is 34.2 Å². The molecule has 9 heteroatoms. The maximum Gasteiger partial charge on any atom is 0.248 e. The maximum atomic E-state index is 14.3. The molecule has 3 aromatic rings. The minimum atomic E-state index is -1.05. The second kappa shape index (κ2) is 10.8. The number of fused-ring (bicyclic) bond motifs is 2. The highest BCUT2D eigenvalue weighted by molar-refractivity contribution is 14.1. The highest BCUT2D eigenvalue weighted by Gasteiger charge is 2.65. The number of anilines is 2. The number of benzene rings is 3. The molecule has 1 fully saturated rings. The number of halogens is 2. The summed E-state index contributed by atoms with van der Waals surface area (Å²) in [6.45, 7) is 6.41. The van der Waals surface area contributed by atoms with Gasteiger partial charge in [-0.25, -0.2) is 0 Å². The van der Waals surface area contributed by atoms with Crippen LogP contribution in [-0.4, -0.2) is 29.8 Å².